The van der Waals surface area contributed by atoms with E-state index in [0.717, 1.165) is 74.3 Å². The molecular weight excluding hydrogens is 1440 g/mol. The maximum absolute atomic E-state index is 16.0. The molecule has 12 aromatic carbocycles. The van der Waals surface area contributed by atoms with Gasteiger partial charge in [-0.3, -0.25) is 0 Å². The molecule has 0 saturated heterocycles. The summed E-state index contributed by atoms with van der Waals surface area (Å²) in [5, 5.41) is 0. The van der Waals surface area contributed by atoms with E-state index in [2.05, 4.69) is 36.4 Å². The monoisotopic (exact) mass is 1480 g/mol. The molecule has 0 fully saturated rings. The second kappa shape index (κ2) is 26.8. The maximum atomic E-state index is 16.0. The van der Waals surface area contributed by atoms with E-state index in [1.54, 1.807) is 6.92 Å². The molecule has 1 aliphatic carbocycles. The predicted molar refractivity (Wildman–Crippen MR) is 344 cm³/mol. The topological polar surface area (TPSA) is 36.9 Å². The number of benzene rings is 12. The van der Waals surface area contributed by atoms with E-state index >= 15 is 96.6 Å². The summed E-state index contributed by atoms with van der Waals surface area (Å²) in [6.07, 6.45) is -13.0. The van der Waals surface area contributed by atoms with Crippen LogP contribution in [0.5, 0.6) is 46.0 Å². The summed E-state index contributed by atoms with van der Waals surface area (Å²) < 4.78 is 362. The van der Waals surface area contributed by atoms with Crippen LogP contribution in [-0.2, 0) is 10.8 Å². The van der Waals surface area contributed by atoms with E-state index in [0.29, 0.717) is 16.7 Å². The summed E-state index contributed by atoms with van der Waals surface area (Å²) >= 11 is 0. The number of rotatable bonds is 15. The minimum atomic E-state index is -6.50. The molecule has 0 aromatic heterocycles. The van der Waals surface area contributed by atoms with Crippen molar-refractivity contribution in [2.24, 2.45) is 0 Å². The zero-order valence-electron chi connectivity index (χ0n) is 54.3. The van der Waals surface area contributed by atoms with E-state index in [1.165, 1.54) is 24.3 Å². The third-order valence-corrected chi connectivity index (χ3v) is 18.2. The average molecular weight is 1490 g/mol. The fraction of sp³-hybridized carbons (Fsp3) is 0.100. The van der Waals surface area contributed by atoms with Crippen LogP contribution in [0.25, 0.3) is 44.5 Å². The first-order valence-corrected chi connectivity index (χ1v) is 31.2. The molecule has 0 saturated carbocycles. The van der Waals surface area contributed by atoms with Crippen LogP contribution >= 0.6 is 0 Å². The maximum Gasteiger partial charge on any atom is 0.411 e. The van der Waals surface area contributed by atoms with Gasteiger partial charge in [-0.2, -0.15) is 61.5 Å². The van der Waals surface area contributed by atoms with Gasteiger partial charge in [0, 0.05) is 0 Å². The van der Waals surface area contributed by atoms with Crippen LogP contribution in [0.15, 0.2) is 182 Å². The minimum absolute atomic E-state index is 0.0337. The molecule has 0 amide bonds. The molecule has 0 bridgehead atoms. The van der Waals surface area contributed by atoms with Gasteiger partial charge in [0.25, 0.3) is 0 Å². The van der Waals surface area contributed by atoms with Gasteiger partial charge in [0.1, 0.15) is 23.0 Å². The normalized spacial score (nSPS) is 12.7. The van der Waals surface area contributed by atoms with Gasteiger partial charge in [-0.05, 0) is 132 Å². The highest BCUT2D eigenvalue weighted by molar-refractivity contribution is 5.87. The van der Waals surface area contributed by atoms with E-state index in [1.807, 2.05) is 69.3 Å². The van der Waals surface area contributed by atoms with Gasteiger partial charge in [0.15, 0.2) is 46.5 Å². The van der Waals surface area contributed by atoms with Crippen molar-refractivity contribution in [3.8, 4) is 90.5 Å². The Morgan fingerprint density at radius 1 is 0.245 bits per heavy atom. The third-order valence-electron chi connectivity index (χ3n) is 18.2. The third kappa shape index (κ3) is 11.7. The Bertz CT molecular complexity index is 5340. The number of halogens is 22. The van der Waals surface area contributed by atoms with Crippen molar-refractivity contribution < 1.29 is 116 Å². The molecule has 0 spiro atoms. The Labute approximate surface area is 585 Å². The van der Waals surface area contributed by atoms with Crippen molar-refractivity contribution in [1.29, 1.82) is 0 Å². The number of alkyl halides is 6. The lowest BCUT2D eigenvalue weighted by atomic mass is 9.67. The summed E-state index contributed by atoms with van der Waals surface area (Å²) in [6.45, 7) is 7.57. The average Bonchev–Trinajstić information content (AvgIpc) is 1.53. The van der Waals surface area contributed by atoms with Gasteiger partial charge in [0.2, 0.25) is 75.0 Å². The zero-order chi connectivity index (χ0) is 76.3. The zero-order valence-corrected chi connectivity index (χ0v) is 54.3. The molecule has 0 heterocycles. The Balaban J connectivity index is 0.741. The predicted octanol–water partition coefficient (Wildman–Crippen LogP) is 25.1. The molecular formula is C80H42F22O4. The highest BCUT2D eigenvalue weighted by Gasteiger charge is 2.72. The summed E-state index contributed by atoms with van der Waals surface area (Å²) in [7, 11) is 0. The van der Waals surface area contributed by atoms with Gasteiger partial charge in [0.05, 0.1) is 27.7 Å². The first kappa shape index (κ1) is 72.6. The molecule has 0 unspecified atom stereocenters. The molecule has 26 heteroatoms. The summed E-state index contributed by atoms with van der Waals surface area (Å²) in [4.78, 5) is 0. The molecule has 0 N–H and O–H groups in total. The number of hydrogen-bond acceptors (Lipinski definition) is 4. The van der Waals surface area contributed by atoms with Crippen molar-refractivity contribution in [2.45, 2.75) is 50.9 Å². The van der Waals surface area contributed by atoms with Crippen molar-refractivity contribution >= 4 is 0 Å². The molecule has 106 heavy (non-hydrogen) atoms. The molecule has 0 radical (unpaired) electrons. The van der Waals surface area contributed by atoms with Gasteiger partial charge < -0.3 is 18.9 Å². The quantitative estimate of drug-likeness (QED) is 0.0757. The van der Waals surface area contributed by atoms with E-state index in [9.17, 15) is 0 Å². The Kier molecular flexibility index (Phi) is 18.3. The molecule has 1 aliphatic rings. The summed E-state index contributed by atoms with van der Waals surface area (Å²) in [6, 6.07) is 38.9. The van der Waals surface area contributed by atoms with Gasteiger partial charge in [-0.25, -0.2) is 35.1 Å². The van der Waals surface area contributed by atoms with Gasteiger partial charge in [-0.15, -0.1) is 0 Å². The van der Waals surface area contributed by atoms with Crippen molar-refractivity contribution in [3.63, 3.8) is 0 Å². The first-order chi connectivity index (χ1) is 50.1. The minimum Gasteiger partial charge on any atom is -0.451 e. The highest BCUT2D eigenvalue weighted by atomic mass is 19.4. The standard InChI is InChI=1S/C80H42F22O4/c1-35-5-15-41(16-6-35)77(51-33-37(3)9-31-49(51)50-32-10-38(4)34-52(50)77)42-17-11-39(12-18-42)40-13-25-46(26-14-40)104-74-67(91)59(83)54(60(84)68(74)92)56-63(87)71(95)76(72(96)64(56)88)106-48-29-21-44(22-30-48)78(79(97,98)99,80(100,101)102)43-19-27-47(28-20-43)105-75-69(93)61(85)55(62(86)70(75)94)53-57(81)65(89)73(66(90)58(53)82)103-45-23-7-36(2)8-24-45/h5-34H,1-4H3. The van der Waals surface area contributed by atoms with E-state index in [-0.39, 0.29) is 48.5 Å². The largest absolute Gasteiger partial charge is 0.451 e. The molecule has 540 valence electrons. The summed E-state index contributed by atoms with van der Waals surface area (Å²) in [5.74, 6) is -53.9. The van der Waals surface area contributed by atoms with Crippen molar-refractivity contribution in [2.75, 3.05) is 0 Å². The molecule has 0 aliphatic heterocycles. The fourth-order valence-electron chi connectivity index (χ4n) is 13.1. The van der Waals surface area contributed by atoms with Crippen LogP contribution < -0.4 is 18.9 Å². The number of fused-ring (bicyclic) bond motifs is 3. The van der Waals surface area contributed by atoms with Crippen LogP contribution in [0.3, 0.4) is 0 Å². The SMILES string of the molecule is Cc1ccc(Oc2c(F)c(F)c(-c3c(F)c(F)c(Oc4ccc(C(c5ccc(Oc6c(F)c(F)c(-c7c(F)c(F)c(Oc8ccc(-c9ccc(C%10(c%11ccc(C)cc%11)c%11cc(C)ccc%11-c%11ccc(C)cc%11%10)cc9)cc8)c(F)c7F)c(F)c6F)cc5)(C(F)(F)F)C(F)(F)F)cc4)c(F)c3F)c(F)c2F)cc1. The number of ether oxygens (including phenoxy) is 4. The molecule has 12 aromatic rings. The van der Waals surface area contributed by atoms with Crippen LogP contribution in [0, 0.1) is 121 Å². The lowest BCUT2D eigenvalue weighted by Crippen LogP contribution is -2.54. The highest BCUT2D eigenvalue weighted by Crippen LogP contribution is 2.59. The fourth-order valence-corrected chi connectivity index (χ4v) is 13.1. The lowest BCUT2D eigenvalue weighted by Gasteiger charge is -2.38. The second-order valence-electron chi connectivity index (χ2n) is 24.7. The number of aryl methyl sites for hydroxylation is 4. The van der Waals surface area contributed by atoms with E-state index < -0.39 is 196 Å². The Hall–Kier alpha value is -11.7. The van der Waals surface area contributed by atoms with Crippen molar-refractivity contribution in [3.05, 3.63) is 331 Å². The number of hydrogen-bond donors (Lipinski definition) is 0. The van der Waals surface area contributed by atoms with Gasteiger partial charge in [-0.1, -0.05) is 156 Å². The first-order valence-electron chi connectivity index (χ1n) is 31.2. The molecule has 4 nitrogen and oxygen atoms in total. The Morgan fingerprint density at radius 2 is 0.462 bits per heavy atom. The van der Waals surface area contributed by atoms with Crippen LogP contribution in [-0.4, -0.2) is 12.4 Å². The van der Waals surface area contributed by atoms with Gasteiger partial charge >= 0.3 is 12.4 Å². The van der Waals surface area contributed by atoms with Crippen LogP contribution in [0.4, 0.5) is 96.6 Å². The summed E-state index contributed by atoms with van der Waals surface area (Å²) in [5.41, 5.74) is -8.14. The Morgan fingerprint density at radius 3 is 0.726 bits per heavy atom. The van der Waals surface area contributed by atoms with Crippen LogP contribution in [0.2, 0.25) is 0 Å². The molecule has 0 atom stereocenters. The van der Waals surface area contributed by atoms with Crippen molar-refractivity contribution in [1.82, 2.24) is 0 Å². The lowest BCUT2D eigenvalue weighted by molar-refractivity contribution is -0.288. The molecule has 13 rings (SSSR count). The van der Waals surface area contributed by atoms with Crippen LogP contribution in [0.1, 0.15) is 55.6 Å². The second-order valence-corrected chi connectivity index (χ2v) is 24.7. The smallest absolute Gasteiger partial charge is 0.411 e. The van der Waals surface area contributed by atoms with E-state index in [4.69, 9.17) is 18.9 Å².